The van der Waals surface area contributed by atoms with Crippen LogP contribution >= 0.6 is 0 Å². The molecule has 4 rings (SSSR count). The zero-order valence-electron chi connectivity index (χ0n) is 11.0. The molecule has 0 aliphatic carbocycles. The van der Waals surface area contributed by atoms with E-state index in [1.807, 2.05) is 28.8 Å². The normalized spacial score (nSPS) is 11.3. The minimum absolute atomic E-state index is 0.284. The van der Waals surface area contributed by atoms with Crippen LogP contribution in [0.3, 0.4) is 0 Å². The lowest BCUT2D eigenvalue weighted by atomic mass is 10.2. The van der Waals surface area contributed by atoms with Gasteiger partial charge in [-0.1, -0.05) is 18.2 Å². The summed E-state index contributed by atoms with van der Waals surface area (Å²) in [4.78, 5) is 8.73. The summed E-state index contributed by atoms with van der Waals surface area (Å²) in [7, 11) is 0. The molecule has 0 fully saturated rings. The van der Waals surface area contributed by atoms with Crippen molar-refractivity contribution in [2.45, 2.75) is 0 Å². The van der Waals surface area contributed by atoms with Crippen molar-refractivity contribution in [3.05, 3.63) is 60.5 Å². The van der Waals surface area contributed by atoms with Crippen molar-refractivity contribution in [3.63, 3.8) is 0 Å². The van der Waals surface area contributed by atoms with Crippen LogP contribution in [0.1, 0.15) is 0 Å². The average Bonchev–Trinajstić information content (AvgIpc) is 2.85. The molecule has 0 aliphatic heterocycles. The van der Waals surface area contributed by atoms with E-state index in [-0.39, 0.29) is 5.82 Å². The predicted octanol–water partition coefficient (Wildman–Crippen LogP) is 3.30. The summed E-state index contributed by atoms with van der Waals surface area (Å²) in [5.74, 6) is 0.0722. The quantitative estimate of drug-likeness (QED) is 0.581. The number of anilines is 1. The van der Waals surface area contributed by atoms with E-state index in [0.29, 0.717) is 5.95 Å². The lowest BCUT2D eigenvalue weighted by molar-refractivity contribution is 0.627. The van der Waals surface area contributed by atoms with E-state index >= 15 is 0 Å². The summed E-state index contributed by atoms with van der Waals surface area (Å²) >= 11 is 0. The maximum atomic E-state index is 13.1. The first kappa shape index (κ1) is 11.8. The third-order valence-electron chi connectivity index (χ3n) is 3.50. The van der Waals surface area contributed by atoms with Gasteiger partial charge in [0.15, 0.2) is 0 Å². The van der Waals surface area contributed by atoms with E-state index in [1.165, 1.54) is 12.1 Å². The Morgan fingerprint density at radius 1 is 0.952 bits per heavy atom. The van der Waals surface area contributed by atoms with Gasteiger partial charge in [0.05, 0.1) is 17.2 Å². The van der Waals surface area contributed by atoms with Gasteiger partial charge < -0.3 is 5.73 Å². The molecule has 5 heteroatoms. The Kier molecular flexibility index (Phi) is 2.41. The monoisotopic (exact) mass is 278 g/mol. The minimum Gasteiger partial charge on any atom is -0.369 e. The van der Waals surface area contributed by atoms with Crippen molar-refractivity contribution in [3.8, 4) is 5.69 Å². The number of aromatic nitrogens is 3. The fraction of sp³-hybridized carbons (Fsp3) is 0. The van der Waals surface area contributed by atoms with Crippen LogP contribution in [0.25, 0.3) is 27.6 Å². The van der Waals surface area contributed by atoms with Crippen LogP contribution in [0.5, 0.6) is 0 Å². The number of para-hydroxylation sites is 1. The molecule has 4 aromatic rings. The molecule has 102 valence electrons. The van der Waals surface area contributed by atoms with Gasteiger partial charge in [0.1, 0.15) is 11.3 Å². The summed E-state index contributed by atoms with van der Waals surface area (Å²) in [6.45, 7) is 0. The third-order valence-corrected chi connectivity index (χ3v) is 3.50. The van der Waals surface area contributed by atoms with Gasteiger partial charge in [0, 0.05) is 11.1 Å². The predicted molar refractivity (Wildman–Crippen MR) is 80.7 cm³/mol. The first-order valence-electron chi connectivity index (χ1n) is 6.51. The van der Waals surface area contributed by atoms with E-state index in [2.05, 4.69) is 9.97 Å². The first-order valence-corrected chi connectivity index (χ1v) is 6.51. The van der Waals surface area contributed by atoms with Gasteiger partial charge in [-0.2, -0.15) is 0 Å². The zero-order valence-corrected chi connectivity index (χ0v) is 11.0. The standard InChI is InChI=1S/C16H11FN4/c17-10-5-7-11(8-6-10)21-15-12-3-1-2-4-13(12)19-9-14(15)20-16(21)18/h1-9H,(H2,18,20). The number of halogens is 1. The molecule has 2 aromatic carbocycles. The van der Waals surface area contributed by atoms with Crippen molar-refractivity contribution < 1.29 is 4.39 Å². The van der Waals surface area contributed by atoms with E-state index in [0.717, 1.165) is 27.6 Å². The average molecular weight is 278 g/mol. The van der Waals surface area contributed by atoms with Crippen LogP contribution in [-0.4, -0.2) is 14.5 Å². The van der Waals surface area contributed by atoms with Gasteiger partial charge in [-0.05, 0) is 30.3 Å². The fourth-order valence-electron chi connectivity index (χ4n) is 2.57. The molecule has 0 bridgehead atoms. The van der Waals surface area contributed by atoms with E-state index in [9.17, 15) is 4.39 Å². The van der Waals surface area contributed by atoms with Gasteiger partial charge in [0.2, 0.25) is 5.95 Å². The molecular formula is C16H11FN4. The first-order chi connectivity index (χ1) is 10.2. The summed E-state index contributed by atoms with van der Waals surface area (Å²) in [6, 6.07) is 14.0. The molecule has 0 spiro atoms. The fourth-order valence-corrected chi connectivity index (χ4v) is 2.57. The van der Waals surface area contributed by atoms with Crippen LogP contribution < -0.4 is 5.73 Å². The highest BCUT2D eigenvalue weighted by Gasteiger charge is 2.13. The second-order valence-corrected chi connectivity index (χ2v) is 4.79. The number of hydrogen-bond donors (Lipinski definition) is 1. The summed E-state index contributed by atoms with van der Waals surface area (Å²) < 4.78 is 14.9. The SMILES string of the molecule is Nc1nc2cnc3ccccc3c2n1-c1ccc(F)cc1. The molecule has 21 heavy (non-hydrogen) atoms. The van der Waals surface area contributed by atoms with Gasteiger partial charge in [-0.15, -0.1) is 0 Å². The Labute approximate surface area is 119 Å². The molecule has 0 amide bonds. The van der Waals surface area contributed by atoms with Crippen molar-refractivity contribution in [2.24, 2.45) is 0 Å². The van der Waals surface area contributed by atoms with Gasteiger partial charge in [-0.3, -0.25) is 9.55 Å². The van der Waals surface area contributed by atoms with Crippen LogP contribution in [0.15, 0.2) is 54.7 Å². The topological polar surface area (TPSA) is 56.7 Å². The van der Waals surface area contributed by atoms with Crippen molar-refractivity contribution in [1.29, 1.82) is 0 Å². The van der Waals surface area contributed by atoms with Crippen molar-refractivity contribution in [2.75, 3.05) is 5.73 Å². The Hall–Kier alpha value is -2.95. The number of pyridine rings is 1. The molecule has 0 aliphatic rings. The highest BCUT2D eigenvalue weighted by molar-refractivity contribution is 6.03. The Morgan fingerprint density at radius 2 is 1.71 bits per heavy atom. The molecule has 0 atom stereocenters. The van der Waals surface area contributed by atoms with E-state index < -0.39 is 0 Å². The number of imidazole rings is 1. The van der Waals surface area contributed by atoms with Crippen LogP contribution in [0, 0.1) is 5.82 Å². The van der Waals surface area contributed by atoms with E-state index in [4.69, 9.17) is 5.73 Å². The van der Waals surface area contributed by atoms with E-state index in [1.54, 1.807) is 18.3 Å². The van der Waals surface area contributed by atoms with Crippen molar-refractivity contribution >= 4 is 27.9 Å². The van der Waals surface area contributed by atoms with Crippen LogP contribution in [0.4, 0.5) is 10.3 Å². The van der Waals surface area contributed by atoms with Crippen LogP contribution in [-0.2, 0) is 0 Å². The molecule has 0 unspecified atom stereocenters. The number of nitrogens with two attached hydrogens (primary N) is 1. The molecular weight excluding hydrogens is 267 g/mol. The Bertz CT molecular complexity index is 957. The highest BCUT2D eigenvalue weighted by Crippen LogP contribution is 2.28. The maximum Gasteiger partial charge on any atom is 0.206 e. The number of fused-ring (bicyclic) bond motifs is 3. The third kappa shape index (κ3) is 1.74. The number of rotatable bonds is 1. The summed E-state index contributed by atoms with van der Waals surface area (Å²) in [5, 5.41) is 0.962. The number of hydrogen-bond acceptors (Lipinski definition) is 3. The second-order valence-electron chi connectivity index (χ2n) is 4.79. The molecule has 0 radical (unpaired) electrons. The Balaban J connectivity index is 2.14. The lowest BCUT2D eigenvalue weighted by Gasteiger charge is -2.08. The smallest absolute Gasteiger partial charge is 0.206 e. The molecule has 2 heterocycles. The van der Waals surface area contributed by atoms with Gasteiger partial charge >= 0.3 is 0 Å². The Morgan fingerprint density at radius 3 is 2.52 bits per heavy atom. The molecule has 2 N–H and O–H groups in total. The highest BCUT2D eigenvalue weighted by atomic mass is 19.1. The number of benzene rings is 2. The van der Waals surface area contributed by atoms with Gasteiger partial charge in [0.25, 0.3) is 0 Å². The second kappa shape index (κ2) is 4.28. The molecule has 0 saturated heterocycles. The zero-order chi connectivity index (χ0) is 14.4. The summed E-state index contributed by atoms with van der Waals surface area (Å²) in [6.07, 6.45) is 1.70. The minimum atomic E-state index is -0.284. The van der Waals surface area contributed by atoms with Crippen LogP contribution in [0.2, 0.25) is 0 Å². The number of nitrogen functional groups attached to an aromatic ring is 1. The largest absolute Gasteiger partial charge is 0.369 e. The lowest BCUT2D eigenvalue weighted by Crippen LogP contribution is -2.00. The number of nitrogens with zero attached hydrogens (tertiary/aromatic N) is 3. The van der Waals surface area contributed by atoms with Crippen molar-refractivity contribution in [1.82, 2.24) is 14.5 Å². The van der Waals surface area contributed by atoms with Gasteiger partial charge in [-0.25, -0.2) is 9.37 Å². The molecule has 4 nitrogen and oxygen atoms in total. The molecule has 0 saturated carbocycles. The maximum absolute atomic E-state index is 13.1. The molecule has 2 aromatic heterocycles. The summed E-state index contributed by atoms with van der Waals surface area (Å²) in [5.41, 5.74) is 9.28.